The zero-order valence-corrected chi connectivity index (χ0v) is 12.4. The molecule has 0 aliphatic heterocycles. The number of methoxy groups -OCH3 is 1. The Morgan fingerprint density at radius 1 is 1.45 bits per heavy atom. The summed E-state index contributed by atoms with van der Waals surface area (Å²) < 4.78 is 23.3. The molecule has 5 nitrogen and oxygen atoms in total. The molecule has 1 aromatic carbocycles. The van der Waals surface area contributed by atoms with Crippen molar-refractivity contribution in [1.82, 2.24) is 4.90 Å². The van der Waals surface area contributed by atoms with E-state index in [1.807, 2.05) is 0 Å². The molecular weight excluding hydrogens is 287 g/mol. The van der Waals surface area contributed by atoms with Crippen LogP contribution in [0.3, 0.4) is 0 Å². The second-order valence-electron chi connectivity index (χ2n) is 4.10. The van der Waals surface area contributed by atoms with E-state index in [0.29, 0.717) is 6.54 Å². The van der Waals surface area contributed by atoms with Gasteiger partial charge in [0.1, 0.15) is 12.6 Å². The zero-order valence-electron chi connectivity index (χ0n) is 11.5. The predicted molar refractivity (Wildman–Crippen MR) is 76.6 cm³/mol. The number of nitrogens with zero attached hydrogens (tertiary/aromatic N) is 1. The van der Waals surface area contributed by atoms with E-state index >= 15 is 0 Å². The van der Waals surface area contributed by atoms with Crippen molar-refractivity contribution in [1.29, 1.82) is 0 Å². The molecule has 20 heavy (non-hydrogen) atoms. The summed E-state index contributed by atoms with van der Waals surface area (Å²) in [4.78, 5) is 13.2. The summed E-state index contributed by atoms with van der Waals surface area (Å²) in [5, 5.41) is 0. The molecule has 1 aromatic rings. The lowest BCUT2D eigenvalue weighted by Crippen LogP contribution is -2.45. The van der Waals surface area contributed by atoms with Gasteiger partial charge in [0.25, 0.3) is 0 Å². The first-order valence-electron chi connectivity index (χ1n) is 5.93. The van der Waals surface area contributed by atoms with E-state index in [-0.39, 0.29) is 37.3 Å². The summed E-state index contributed by atoms with van der Waals surface area (Å²) in [5.74, 6) is -0.490. The minimum absolute atomic E-state index is 0. The zero-order chi connectivity index (χ0) is 14.3. The summed E-state index contributed by atoms with van der Waals surface area (Å²) in [6, 6.07) is 5.43. The SMILES string of the molecule is COCC(N)C(=O)N(C)CCOc1ccccc1F.Cl. The summed E-state index contributed by atoms with van der Waals surface area (Å²) in [5.41, 5.74) is 5.62. The maximum atomic E-state index is 13.3. The van der Waals surface area contributed by atoms with Crippen LogP contribution < -0.4 is 10.5 Å². The standard InChI is InChI=1S/C13H19FN2O3.ClH/c1-16(13(17)11(15)9-18-2)7-8-19-12-6-4-3-5-10(12)14;/h3-6,11H,7-9,15H2,1-2H3;1H. The fraction of sp³-hybridized carbons (Fsp3) is 0.462. The maximum Gasteiger partial charge on any atom is 0.241 e. The molecule has 0 saturated heterocycles. The van der Waals surface area contributed by atoms with E-state index in [1.54, 1.807) is 19.2 Å². The van der Waals surface area contributed by atoms with E-state index in [4.69, 9.17) is 15.2 Å². The normalized spacial score (nSPS) is 11.4. The molecule has 1 rings (SSSR count). The van der Waals surface area contributed by atoms with Crippen molar-refractivity contribution in [2.24, 2.45) is 5.73 Å². The van der Waals surface area contributed by atoms with Gasteiger partial charge in [0.05, 0.1) is 13.2 Å². The van der Waals surface area contributed by atoms with E-state index in [0.717, 1.165) is 0 Å². The van der Waals surface area contributed by atoms with Crippen molar-refractivity contribution >= 4 is 18.3 Å². The van der Waals surface area contributed by atoms with Crippen LogP contribution in [0.1, 0.15) is 0 Å². The summed E-state index contributed by atoms with van der Waals surface area (Å²) >= 11 is 0. The van der Waals surface area contributed by atoms with Crippen molar-refractivity contribution in [3.63, 3.8) is 0 Å². The lowest BCUT2D eigenvalue weighted by atomic mass is 10.3. The smallest absolute Gasteiger partial charge is 0.241 e. The number of rotatable bonds is 7. The molecule has 0 bridgehead atoms. The second-order valence-corrected chi connectivity index (χ2v) is 4.10. The first-order valence-corrected chi connectivity index (χ1v) is 5.93. The Kier molecular flexibility index (Phi) is 8.87. The third-order valence-corrected chi connectivity index (χ3v) is 2.56. The Hall–Kier alpha value is -1.37. The van der Waals surface area contributed by atoms with Crippen LogP contribution in [0.2, 0.25) is 0 Å². The number of hydrogen-bond donors (Lipinski definition) is 1. The van der Waals surface area contributed by atoms with Crippen LogP contribution in [0, 0.1) is 5.82 Å². The monoisotopic (exact) mass is 306 g/mol. The van der Waals surface area contributed by atoms with Crippen LogP contribution in [0.15, 0.2) is 24.3 Å². The van der Waals surface area contributed by atoms with Crippen LogP contribution in [0.4, 0.5) is 4.39 Å². The number of likely N-dealkylation sites (N-methyl/N-ethyl adjacent to an activating group) is 1. The first-order chi connectivity index (χ1) is 9.06. The van der Waals surface area contributed by atoms with Gasteiger partial charge in [-0.05, 0) is 12.1 Å². The summed E-state index contributed by atoms with van der Waals surface area (Å²) in [7, 11) is 3.09. The average Bonchev–Trinajstić information content (AvgIpc) is 2.40. The number of nitrogens with two attached hydrogens (primary N) is 1. The Bertz CT molecular complexity index is 420. The number of benzene rings is 1. The van der Waals surface area contributed by atoms with Crippen molar-refractivity contribution < 1.29 is 18.7 Å². The highest BCUT2D eigenvalue weighted by molar-refractivity contribution is 5.85. The van der Waals surface area contributed by atoms with Crippen molar-refractivity contribution in [2.45, 2.75) is 6.04 Å². The Morgan fingerprint density at radius 2 is 2.10 bits per heavy atom. The molecule has 1 amide bonds. The molecule has 114 valence electrons. The highest BCUT2D eigenvalue weighted by Crippen LogP contribution is 2.14. The van der Waals surface area contributed by atoms with Gasteiger partial charge in [0.15, 0.2) is 11.6 Å². The lowest BCUT2D eigenvalue weighted by Gasteiger charge is -2.21. The summed E-state index contributed by atoms with van der Waals surface area (Å²) in [6.45, 7) is 0.685. The molecule has 1 atom stereocenters. The number of para-hydroxylation sites is 1. The molecule has 0 heterocycles. The van der Waals surface area contributed by atoms with Crippen LogP contribution in [-0.2, 0) is 9.53 Å². The minimum Gasteiger partial charge on any atom is -0.489 e. The van der Waals surface area contributed by atoms with Gasteiger partial charge in [-0.25, -0.2) is 4.39 Å². The number of hydrogen-bond acceptors (Lipinski definition) is 4. The molecule has 0 aliphatic rings. The Morgan fingerprint density at radius 3 is 2.70 bits per heavy atom. The fourth-order valence-electron chi connectivity index (χ4n) is 1.50. The molecular formula is C13H20ClFN2O3. The lowest BCUT2D eigenvalue weighted by molar-refractivity contribution is -0.132. The molecule has 7 heteroatoms. The van der Waals surface area contributed by atoms with Gasteiger partial charge in [-0.15, -0.1) is 12.4 Å². The van der Waals surface area contributed by atoms with E-state index in [9.17, 15) is 9.18 Å². The van der Waals surface area contributed by atoms with Crippen LogP contribution in [0.5, 0.6) is 5.75 Å². The predicted octanol–water partition coefficient (Wildman–Crippen LogP) is 1.06. The van der Waals surface area contributed by atoms with Crippen LogP contribution in [-0.4, -0.2) is 50.8 Å². The van der Waals surface area contributed by atoms with Gasteiger partial charge in [-0.1, -0.05) is 12.1 Å². The largest absolute Gasteiger partial charge is 0.489 e. The fourth-order valence-corrected chi connectivity index (χ4v) is 1.50. The summed E-state index contributed by atoms with van der Waals surface area (Å²) in [6.07, 6.45) is 0. The van der Waals surface area contributed by atoms with Gasteiger partial charge >= 0.3 is 0 Å². The number of carbonyl (C=O) groups excluding carboxylic acids is 1. The van der Waals surface area contributed by atoms with Gasteiger partial charge in [0.2, 0.25) is 5.91 Å². The number of halogens is 2. The number of amides is 1. The van der Waals surface area contributed by atoms with Crippen LogP contribution in [0.25, 0.3) is 0 Å². The number of ether oxygens (including phenoxy) is 2. The molecule has 0 saturated carbocycles. The minimum atomic E-state index is -0.691. The van der Waals surface area contributed by atoms with Gasteiger partial charge < -0.3 is 20.1 Å². The molecule has 0 aliphatic carbocycles. The van der Waals surface area contributed by atoms with Crippen molar-refractivity contribution in [2.75, 3.05) is 33.9 Å². The van der Waals surface area contributed by atoms with Crippen LogP contribution >= 0.6 is 12.4 Å². The van der Waals surface area contributed by atoms with Gasteiger partial charge in [0, 0.05) is 14.2 Å². The Balaban J connectivity index is 0.00000361. The molecule has 1 unspecified atom stereocenters. The molecule has 2 N–H and O–H groups in total. The highest BCUT2D eigenvalue weighted by Gasteiger charge is 2.17. The van der Waals surface area contributed by atoms with E-state index in [1.165, 1.54) is 24.1 Å². The third kappa shape index (κ3) is 5.73. The number of carbonyl (C=O) groups is 1. The van der Waals surface area contributed by atoms with Gasteiger partial charge in [-0.2, -0.15) is 0 Å². The maximum absolute atomic E-state index is 13.3. The highest BCUT2D eigenvalue weighted by atomic mass is 35.5. The third-order valence-electron chi connectivity index (χ3n) is 2.56. The molecule has 0 spiro atoms. The van der Waals surface area contributed by atoms with Crippen molar-refractivity contribution in [3.8, 4) is 5.75 Å². The van der Waals surface area contributed by atoms with E-state index in [2.05, 4.69) is 0 Å². The molecule has 0 fully saturated rings. The molecule has 0 aromatic heterocycles. The van der Waals surface area contributed by atoms with E-state index < -0.39 is 11.9 Å². The first kappa shape index (κ1) is 18.6. The topological polar surface area (TPSA) is 64.8 Å². The second kappa shape index (κ2) is 9.52. The average molecular weight is 307 g/mol. The molecule has 0 radical (unpaired) electrons. The quantitative estimate of drug-likeness (QED) is 0.818. The van der Waals surface area contributed by atoms with Gasteiger partial charge in [-0.3, -0.25) is 4.79 Å². The Labute approximate surface area is 124 Å². The van der Waals surface area contributed by atoms with Crippen molar-refractivity contribution in [3.05, 3.63) is 30.1 Å².